The lowest BCUT2D eigenvalue weighted by Gasteiger charge is -2.14. The number of nitrogens with one attached hydrogen (secondary N) is 1. The molecule has 0 bridgehead atoms. The number of nitrogens with two attached hydrogens (primary N) is 2. The molecule has 0 aromatic heterocycles. The highest BCUT2D eigenvalue weighted by atomic mass is 16.5. The third-order valence-electron chi connectivity index (χ3n) is 2.75. The van der Waals surface area contributed by atoms with Crippen LogP contribution in [0.5, 0.6) is 11.5 Å². The number of methoxy groups -OCH3 is 2. The third kappa shape index (κ3) is 2.82. The van der Waals surface area contributed by atoms with Gasteiger partial charge in [0, 0.05) is 11.8 Å². The molecule has 0 heterocycles. The molecule has 0 saturated heterocycles. The Hall–Kier alpha value is -2.56. The summed E-state index contributed by atoms with van der Waals surface area (Å²) in [6.45, 7) is 0. The van der Waals surface area contributed by atoms with Crippen molar-refractivity contribution in [3.8, 4) is 11.5 Å². The molecule has 5 N–H and O–H groups in total. The molecule has 100 valence electrons. The SMILES string of the molecule is COc1ccc(OC)c(Nc2ccc(N)cc2N)c1. The van der Waals surface area contributed by atoms with Gasteiger partial charge in [0.1, 0.15) is 11.5 Å². The van der Waals surface area contributed by atoms with Crippen molar-refractivity contribution in [1.82, 2.24) is 0 Å². The molecule has 0 aliphatic rings. The van der Waals surface area contributed by atoms with Gasteiger partial charge in [0.05, 0.1) is 31.3 Å². The Morgan fingerprint density at radius 3 is 2.32 bits per heavy atom. The van der Waals surface area contributed by atoms with Crippen LogP contribution in [0.15, 0.2) is 36.4 Å². The molecular formula is C14H17N3O2. The number of rotatable bonds is 4. The minimum Gasteiger partial charge on any atom is -0.497 e. The normalized spacial score (nSPS) is 10.0. The van der Waals surface area contributed by atoms with E-state index in [1.807, 2.05) is 24.3 Å². The fourth-order valence-electron chi connectivity index (χ4n) is 1.75. The Labute approximate surface area is 112 Å². The molecule has 2 rings (SSSR count). The van der Waals surface area contributed by atoms with Gasteiger partial charge in [0.15, 0.2) is 0 Å². The first-order valence-corrected chi connectivity index (χ1v) is 5.78. The van der Waals surface area contributed by atoms with Crippen LogP contribution < -0.4 is 26.3 Å². The third-order valence-corrected chi connectivity index (χ3v) is 2.75. The predicted molar refractivity (Wildman–Crippen MR) is 78.1 cm³/mol. The van der Waals surface area contributed by atoms with Gasteiger partial charge in [-0.3, -0.25) is 0 Å². The number of ether oxygens (including phenoxy) is 2. The minimum absolute atomic E-state index is 0.574. The van der Waals surface area contributed by atoms with Crippen molar-refractivity contribution >= 4 is 22.7 Å². The van der Waals surface area contributed by atoms with Gasteiger partial charge >= 0.3 is 0 Å². The van der Waals surface area contributed by atoms with Gasteiger partial charge in [-0.2, -0.15) is 0 Å². The molecule has 5 nitrogen and oxygen atoms in total. The fraction of sp³-hybridized carbons (Fsp3) is 0.143. The fourth-order valence-corrected chi connectivity index (χ4v) is 1.75. The molecule has 0 radical (unpaired) electrons. The molecule has 19 heavy (non-hydrogen) atoms. The topological polar surface area (TPSA) is 82.5 Å². The molecule has 0 fully saturated rings. The highest BCUT2D eigenvalue weighted by molar-refractivity contribution is 5.78. The Balaban J connectivity index is 2.36. The van der Waals surface area contributed by atoms with E-state index in [1.165, 1.54) is 0 Å². The highest BCUT2D eigenvalue weighted by Crippen LogP contribution is 2.33. The van der Waals surface area contributed by atoms with Crippen molar-refractivity contribution in [2.45, 2.75) is 0 Å². The van der Waals surface area contributed by atoms with Gasteiger partial charge in [-0.1, -0.05) is 0 Å². The summed E-state index contributed by atoms with van der Waals surface area (Å²) in [7, 11) is 3.22. The van der Waals surface area contributed by atoms with Crippen LogP contribution in [0.2, 0.25) is 0 Å². The maximum absolute atomic E-state index is 5.92. The Morgan fingerprint density at radius 1 is 0.895 bits per heavy atom. The average molecular weight is 259 g/mol. The van der Waals surface area contributed by atoms with Crippen LogP contribution in [0, 0.1) is 0 Å². The highest BCUT2D eigenvalue weighted by Gasteiger charge is 2.07. The smallest absolute Gasteiger partial charge is 0.142 e. The van der Waals surface area contributed by atoms with Crippen molar-refractivity contribution in [1.29, 1.82) is 0 Å². The van der Waals surface area contributed by atoms with Crippen molar-refractivity contribution in [3.63, 3.8) is 0 Å². The lowest BCUT2D eigenvalue weighted by atomic mass is 10.2. The lowest BCUT2D eigenvalue weighted by molar-refractivity contribution is 0.405. The first kappa shape index (κ1) is 12.9. The van der Waals surface area contributed by atoms with Gasteiger partial charge in [0.2, 0.25) is 0 Å². The van der Waals surface area contributed by atoms with Crippen LogP contribution in [0.25, 0.3) is 0 Å². The van der Waals surface area contributed by atoms with Crippen LogP contribution in [0.1, 0.15) is 0 Å². The molecule has 0 amide bonds. The second kappa shape index (κ2) is 5.39. The van der Waals surface area contributed by atoms with Crippen LogP contribution in [0.3, 0.4) is 0 Å². The Bertz CT molecular complexity index is 585. The maximum atomic E-state index is 5.92. The number of nitrogen functional groups attached to an aromatic ring is 2. The number of anilines is 4. The van der Waals surface area contributed by atoms with Gasteiger partial charge in [-0.25, -0.2) is 0 Å². The summed E-state index contributed by atoms with van der Waals surface area (Å²) in [5, 5.41) is 3.21. The zero-order valence-electron chi connectivity index (χ0n) is 10.9. The standard InChI is InChI=1S/C14H17N3O2/c1-18-10-4-6-14(19-2)13(8-10)17-12-5-3-9(15)7-11(12)16/h3-8,17H,15-16H2,1-2H3. The Morgan fingerprint density at radius 2 is 1.68 bits per heavy atom. The summed E-state index contributed by atoms with van der Waals surface area (Å²) in [6.07, 6.45) is 0. The van der Waals surface area contributed by atoms with E-state index in [-0.39, 0.29) is 0 Å². The van der Waals surface area contributed by atoms with Crippen molar-refractivity contribution in [2.24, 2.45) is 0 Å². The molecule has 5 heteroatoms. The molecule has 2 aromatic carbocycles. The van der Waals surface area contributed by atoms with E-state index in [0.717, 1.165) is 17.1 Å². The van der Waals surface area contributed by atoms with E-state index in [4.69, 9.17) is 20.9 Å². The van der Waals surface area contributed by atoms with E-state index < -0.39 is 0 Å². The zero-order valence-corrected chi connectivity index (χ0v) is 10.9. The van der Waals surface area contributed by atoms with Crippen LogP contribution >= 0.6 is 0 Å². The zero-order chi connectivity index (χ0) is 13.8. The molecule has 0 atom stereocenters. The average Bonchev–Trinajstić information content (AvgIpc) is 2.41. The molecular weight excluding hydrogens is 242 g/mol. The first-order chi connectivity index (χ1) is 9.13. The summed E-state index contributed by atoms with van der Waals surface area (Å²) in [5.41, 5.74) is 14.3. The van der Waals surface area contributed by atoms with Crippen LogP contribution in [-0.2, 0) is 0 Å². The number of hydrogen-bond acceptors (Lipinski definition) is 5. The van der Waals surface area contributed by atoms with Crippen LogP contribution in [0.4, 0.5) is 22.7 Å². The summed E-state index contributed by atoms with van der Waals surface area (Å²) in [6, 6.07) is 10.8. The number of hydrogen-bond donors (Lipinski definition) is 3. The number of benzene rings is 2. The lowest BCUT2D eigenvalue weighted by Crippen LogP contribution is -2.00. The molecule has 2 aromatic rings. The summed E-state index contributed by atoms with van der Waals surface area (Å²) in [4.78, 5) is 0. The second-order valence-corrected chi connectivity index (χ2v) is 4.04. The Kier molecular flexibility index (Phi) is 3.66. The summed E-state index contributed by atoms with van der Waals surface area (Å²) >= 11 is 0. The first-order valence-electron chi connectivity index (χ1n) is 5.78. The molecule has 0 aliphatic heterocycles. The summed E-state index contributed by atoms with van der Waals surface area (Å²) < 4.78 is 10.5. The van der Waals surface area contributed by atoms with Gasteiger partial charge in [0.25, 0.3) is 0 Å². The van der Waals surface area contributed by atoms with E-state index in [9.17, 15) is 0 Å². The maximum Gasteiger partial charge on any atom is 0.142 e. The van der Waals surface area contributed by atoms with Crippen molar-refractivity contribution < 1.29 is 9.47 Å². The minimum atomic E-state index is 0.574. The second-order valence-electron chi connectivity index (χ2n) is 4.04. The van der Waals surface area contributed by atoms with E-state index in [1.54, 1.807) is 26.4 Å². The van der Waals surface area contributed by atoms with Gasteiger partial charge in [-0.05, 0) is 30.3 Å². The van der Waals surface area contributed by atoms with Crippen LogP contribution in [-0.4, -0.2) is 14.2 Å². The molecule has 0 aliphatic carbocycles. The van der Waals surface area contributed by atoms with Gasteiger partial charge in [-0.15, -0.1) is 0 Å². The van der Waals surface area contributed by atoms with E-state index >= 15 is 0 Å². The van der Waals surface area contributed by atoms with E-state index in [2.05, 4.69) is 5.32 Å². The predicted octanol–water partition coefficient (Wildman–Crippen LogP) is 2.61. The largest absolute Gasteiger partial charge is 0.497 e. The van der Waals surface area contributed by atoms with Crippen molar-refractivity contribution in [2.75, 3.05) is 31.0 Å². The van der Waals surface area contributed by atoms with E-state index in [0.29, 0.717) is 17.1 Å². The quantitative estimate of drug-likeness (QED) is 0.735. The van der Waals surface area contributed by atoms with Gasteiger partial charge < -0.3 is 26.3 Å². The summed E-state index contributed by atoms with van der Waals surface area (Å²) in [5.74, 6) is 1.44. The molecule has 0 spiro atoms. The monoisotopic (exact) mass is 259 g/mol. The molecule has 0 unspecified atom stereocenters. The molecule has 0 saturated carbocycles. The van der Waals surface area contributed by atoms with Crippen molar-refractivity contribution in [3.05, 3.63) is 36.4 Å².